The highest BCUT2D eigenvalue weighted by atomic mass is 16.5. The number of nitrogens with one attached hydrogen (secondary N) is 1. The van der Waals surface area contributed by atoms with Gasteiger partial charge in [-0.15, -0.1) is 0 Å². The van der Waals surface area contributed by atoms with Crippen molar-refractivity contribution < 1.29 is 4.74 Å². The Bertz CT molecular complexity index is 234. The van der Waals surface area contributed by atoms with Crippen LogP contribution in [0.25, 0.3) is 0 Å². The van der Waals surface area contributed by atoms with E-state index >= 15 is 0 Å². The van der Waals surface area contributed by atoms with Gasteiger partial charge in [-0.2, -0.15) is 0 Å². The number of ether oxygens (including phenoxy) is 1. The number of methoxy groups -OCH3 is 1. The molecule has 1 aliphatic carbocycles. The van der Waals surface area contributed by atoms with E-state index in [1.165, 1.54) is 45.1 Å². The molecule has 0 bridgehead atoms. The molecule has 1 saturated heterocycles. The second-order valence-electron chi connectivity index (χ2n) is 5.88. The number of hydrogen-bond acceptors (Lipinski definition) is 3. The summed E-state index contributed by atoms with van der Waals surface area (Å²) in [7, 11) is 4.10. The summed E-state index contributed by atoms with van der Waals surface area (Å²) in [4.78, 5) is 2.47. The highest BCUT2D eigenvalue weighted by molar-refractivity contribution is 4.88. The molecular weight excluding hydrogens is 212 g/mol. The van der Waals surface area contributed by atoms with Gasteiger partial charge in [-0.05, 0) is 46.2 Å². The summed E-state index contributed by atoms with van der Waals surface area (Å²) >= 11 is 0. The van der Waals surface area contributed by atoms with Crippen LogP contribution in [0.15, 0.2) is 0 Å². The first-order valence-electron chi connectivity index (χ1n) is 7.19. The van der Waals surface area contributed by atoms with E-state index in [-0.39, 0.29) is 0 Å². The van der Waals surface area contributed by atoms with Gasteiger partial charge in [0.05, 0.1) is 6.10 Å². The molecule has 4 atom stereocenters. The summed E-state index contributed by atoms with van der Waals surface area (Å²) in [5, 5.41) is 3.86. The van der Waals surface area contributed by atoms with Crippen LogP contribution in [0.3, 0.4) is 0 Å². The fraction of sp³-hybridized carbons (Fsp3) is 1.00. The Labute approximate surface area is 106 Å². The molecule has 0 radical (unpaired) electrons. The SMILES string of the molecule is COC1CCCCC1NC1CCN(C)C(C)C1. The fourth-order valence-corrected chi connectivity index (χ4v) is 3.31. The second kappa shape index (κ2) is 6.17. The molecule has 1 N–H and O–H groups in total. The van der Waals surface area contributed by atoms with Crippen LogP contribution in [-0.4, -0.2) is 49.8 Å². The van der Waals surface area contributed by atoms with Crippen LogP contribution in [0, 0.1) is 0 Å². The largest absolute Gasteiger partial charge is 0.380 e. The average molecular weight is 240 g/mol. The third-order valence-electron chi connectivity index (χ3n) is 4.66. The normalized spacial score (nSPS) is 40.4. The summed E-state index contributed by atoms with van der Waals surface area (Å²) in [5.74, 6) is 0. The number of rotatable bonds is 3. The van der Waals surface area contributed by atoms with E-state index in [9.17, 15) is 0 Å². The van der Waals surface area contributed by atoms with Crippen LogP contribution in [0.2, 0.25) is 0 Å². The van der Waals surface area contributed by atoms with E-state index in [2.05, 4.69) is 24.2 Å². The quantitative estimate of drug-likeness (QED) is 0.817. The third-order valence-corrected chi connectivity index (χ3v) is 4.66. The zero-order valence-electron chi connectivity index (χ0n) is 11.6. The van der Waals surface area contributed by atoms with Crippen molar-refractivity contribution in [3.8, 4) is 0 Å². The highest BCUT2D eigenvalue weighted by Crippen LogP contribution is 2.23. The Balaban J connectivity index is 1.83. The Morgan fingerprint density at radius 2 is 1.94 bits per heavy atom. The van der Waals surface area contributed by atoms with Gasteiger partial charge in [-0.3, -0.25) is 0 Å². The van der Waals surface area contributed by atoms with Gasteiger partial charge in [0.15, 0.2) is 0 Å². The molecule has 2 aliphatic rings. The van der Waals surface area contributed by atoms with E-state index < -0.39 is 0 Å². The second-order valence-corrected chi connectivity index (χ2v) is 5.88. The van der Waals surface area contributed by atoms with Crippen molar-refractivity contribution in [2.24, 2.45) is 0 Å². The van der Waals surface area contributed by atoms with E-state index in [4.69, 9.17) is 4.74 Å². The van der Waals surface area contributed by atoms with Crippen LogP contribution in [-0.2, 0) is 4.74 Å². The standard InChI is InChI=1S/C14H28N2O/c1-11-10-12(8-9-16(11)2)15-13-6-4-5-7-14(13)17-3/h11-15H,4-10H2,1-3H3. The summed E-state index contributed by atoms with van der Waals surface area (Å²) < 4.78 is 5.62. The topological polar surface area (TPSA) is 24.5 Å². The molecule has 0 amide bonds. The first kappa shape index (κ1) is 13.3. The molecule has 0 aromatic heterocycles. The maximum Gasteiger partial charge on any atom is 0.0724 e. The molecular formula is C14H28N2O. The van der Waals surface area contributed by atoms with Crippen LogP contribution in [0.4, 0.5) is 0 Å². The van der Waals surface area contributed by atoms with E-state index in [1.54, 1.807) is 0 Å². The predicted octanol–water partition coefficient (Wildman–Crippen LogP) is 2.02. The predicted molar refractivity (Wildman–Crippen MR) is 71.3 cm³/mol. The monoisotopic (exact) mass is 240 g/mol. The highest BCUT2D eigenvalue weighted by Gasteiger charge is 2.29. The maximum absolute atomic E-state index is 5.62. The van der Waals surface area contributed by atoms with Crippen LogP contribution >= 0.6 is 0 Å². The lowest BCUT2D eigenvalue weighted by Crippen LogP contribution is -2.52. The van der Waals surface area contributed by atoms with Crippen molar-refractivity contribution in [2.45, 2.75) is 69.7 Å². The molecule has 1 heterocycles. The van der Waals surface area contributed by atoms with Crippen LogP contribution in [0.5, 0.6) is 0 Å². The van der Waals surface area contributed by atoms with Crippen LogP contribution < -0.4 is 5.32 Å². The molecule has 4 unspecified atom stereocenters. The van der Waals surface area contributed by atoms with Gasteiger partial charge < -0.3 is 15.0 Å². The molecule has 1 aliphatic heterocycles. The molecule has 0 spiro atoms. The summed E-state index contributed by atoms with van der Waals surface area (Å²) in [5.41, 5.74) is 0. The zero-order chi connectivity index (χ0) is 12.3. The summed E-state index contributed by atoms with van der Waals surface area (Å²) in [6.07, 6.45) is 8.23. The number of piperidine rings is 1. The van der Waals surface area contributed by atoms with Gasteiger partial charge in [-0.25, -0.2) is 0 Å². The lowest BCUT2D eigenvalue weighted by molar-refractivity contribution is 0.0318. The summed E-state index contributed by atoms with van der Waals surface area (Å²) in [6.45, 7) is 3.56. The van der Waals surface area contributed by atoms with Gasteiger partial charge >= 0.3 is 0 Å². The van der Waals surface area contributed by atoms with Gasteiger partial charge in [0.2, 0.25) is 0 Å². The lowest BCUT2D eigenvalue weighted by Gasteiger charge is -2.40. The van der Waals surface area contributed by atoms with Crippen molar-refractivity contribution in [2.75, 3.05) is 20.7 Å². The van der Waals surface area contributed by atoms with E-state index in [0.717, 1.165) is 0 Å². The lowest BCUT2D eigenvalue weighted by atomic mass is 9.90. The first-order chi connectivity index (χ1) is 8.20. The molecule has 0 aromatic carbocycles. The van der Waals surface area contributed by atoms with Gasteiger partial charge in [0.1, 0.15) is 0 Å². The molecule has 17 heavy (non-hydrogen) atoms. The number of likely N-dealkylation sites (tertiary alicyclic amines) is 1. The summed E-state index contributed by atoms with van der Waals surface area (Å²) in [6, 6.07) is 2.00. The van der Waals surface area contributed by atoms with E-state index in [1.807, 2.05) is 7.11 Å². The Morgan fingerprint density at radius 3 is 2.65 bits per heavy atom. The maximum atomic E-state index is 5.62. The van der Waals surface area contributed by atoms with Crippen molar-refractivity contribution in [3.05, 3.63) is 0 Å². The minimum Gasteiger partial charge on any atom is -0.380 e. The molecule has 1 saturated carbocycles. The van der Waals surface area contributed by atoms with Crippen molar-refractivity contribution in [3.63, 3.8) is 0 Å². The molecule has 2 fully saturated rings. The van der Waals surface area contributed by atoms with Gasteiger partial charge in [0, 0.05) is 25.2 Å². The van der Waals surface area contributed by atoms with Gasteiger partial charge in [0.25, 0.3) is 0 Å². The molecule has 3 nitrogen and oxygen atoms in total. The fourth-order valence-electron chi connectivity index (χ4n) is 3.31. The Kier molecular flexibility index (Phi) is 4.83. The van der Waals surface area contributed by atoms with E-state index in [0.29, 0.717) is 24.2 Å². The van der Waals surface area contributed by atoms with Crippen LogP contribution in [0.1, 0.15) is 45.4 Å². The first-order valence-corrected chi connectivity index (χ1v) is 7.19. The minimum absolute atomic E-state index is 0.443. The Hall–Kier alpha value is -0.120. The van der Waals surface area contributed by atoms with Crippen molar-refractivity contribution >= 4 is 0 Å². The molecule has 0 aromatic rings. The average Bonchev–Trinajstić information content (AvgIpc) is 2.34. The molecule has 100 valence electrons. The van der Waals surface area contributed by atoms with Gasteiger partial charge in [-0.1, -0.05) is 12.8 Å². The molecule has 3 heteroatoms. The third kappa shape index (κ3) is 3.43. The zero-order valence-corrected chi connectivity index (χ0v) is 11.6. The smallest absolute Gasteiger partial charge is 0.0724 e. The minimum atomic E-state index is 0.443. The Morgan fingerprint density at radius 1 is 1.18 bits per heavy atom. The van der Waals surface area contributed by atoms with Crippen molar-refractivity contribution in [1.29, 1.82) is 0 Å². The number of hydrogen-bond donors (Lipinski definition) is 1. The molecule has 2 rings (SSSR count). The number of nitrogens with zero attached hydrogens (tertiary/aromatic N) is 1. The van der Waals surface area contributed by atoms with Crippen molar-refractivity contribution in [1.82, 2.24) is 10.2 Å².